The minimum absolute atomic E-state index is 0.540. The second kappa shape index (κ2) is 5.81. The lowest BCUT2D eigenvalue weighted by molar-refractivity contribution is 0.315. The highest BCUT2D eigenvalue weighted by Gasteiger charge is 2.12. The van der Waals surface area contributed by atoms with Crippen LogP contribution in [-0.4, -0.2) is 25.2 Å². The maximum Gasteiger partial charge on any atom is 0.139 e. The van der Waals surface area contributed by atoms with Gasteiger partial charge in [0.2, 0.25) is 0 Å². The zero-order valence-corrected chi connectivity index (χ0v) is 12.4. The summed E-state index contributed by atoms with van der Waals surface area (Å²) in [5, 5.41) is 22.8. The van der Waals surface area contributed by atoms with E-state index in [1.807, 2.05) is 35.3 Å². The van der Waals surface area contributed by atoms with Crippen LogP contribution in [0.1, 0.15) is 11.1 Å². The smallest absolute Gasteiger partial charge is 0.139 e. The molecule has 0 aliphatic heterocycles. The van der Waals surface area contributed by atoms with E-state index in [2.05, 4.69) is 26.5 Å². The normalized spacial score (nSPS) is 10.6. The van der Waals surface area contributed by atoms with Crippen molar-refractivity contribution in [2.45, 2.75) is 6.54 Å². The summed E-state index contributed by atoms with van der Waals surface area (Å²) in [6.45, 7) is 0.540. The lowest BCUT2D eigenvalue weighted by Gasteiger charge is -2.24. The minimum Gasteiger partial charge on any atom is -0.260 e. The number of aromatic nitrogens is 5. The molecule has 0 saturated carbocycles. The largest absolute Gasteiger partial charge is 0.260 e. The Labute approximate surface area is 136 Å². The van der Waals surface area contributed by atoms with E-state index in [9.17, 15) is 0 Å². The zero-order valence-electron chi connectivity index (χ0n) is 12.4. The molecule has 2 aromatic carbocycles. The maximum atomic E-state index is 8.95. The molecular formula is C16H11N7O. The van der Waals surface area contributed by atoms with Crippen LogP contribution in [0, 0.1) is 11.3 Å². The molecule has 0 unspecified atom stereocenters. The first-order valence-electron chi connectivity index (χ1n) is 7.17. The number of hydrogen-bond donors (Lipinski definition) is 0. The SMILES string of the molecule is N#Cc1ccc(N(Cc2ccc3nonc3c2)n2cncn2)cc1. The van der Waals surface area contributed by atoms with Crippen LogP contribution in [0.2, 0.25) is 0 Å². The lowest BCUT2D eigenvalue weighted by Crippen LogP contribution is -2.29. The molecule has 8 heteroatoms. The van der Waals surface area contributed by atoms with Crippen molar-refractivity contribution in [2.24, 2.45) is 0 Å². The Hall–Kier alpha value is -3.73. The predicted octanol–water partition coefficient (Wildman–Crippen LogP) is 2.16. The first-order valence-corrected chi connectivity index (χ1v) is 7.17. The van der Waals surface area contributed by atoms with Gasteiger partial charge in [0.1, 0.15) is 23.7 Å². The van der Waals surface area contributed by atoms with Gasteiger partial charge in [-0.25, -0.2) is 9.61 Å². The Kier molecular flexibility index (Phi) is 3.37. The molecule has 4 aromatic rings. The molecule has 0 atom stereocenters. The highest BCUT2D eigenvalue weighted by molar-refractivity contribution is 5.73. The van der Waals surface area contributed by atoms with E-state index in [1.165, 1.54) is 6.33 Å². The average Bonchev–Trinajstić information content (AvgIpc) is 3.31. The maximum absolute atomic E-state index is 8.95. The Morgan fingerprint density at radius 3 is 2.67 bits per heavy atom. The molecule has 0 aliphatic carbocycles. The fourth-order valence-corrected chi connectivity index (χ4v) is 2.42. The number of nitriles is 1. The molecule has 0 spiro atoms. The van der Waals surface area contributed by atoms with Gasteiger partial charge in [-0.05, 0) is 52.3 Å². The fourth-order valence-electron chi connectivity index (χ4n) is 2.42. The topological polar surface area (TPSA) is 96.7 Å². The van der Waals surface area contributed by atoms with Crippen molar-refractivity contribution in [3.63, 3.8) is 0 Å². The molecule has 8 nitrogen and oxygen atoms in total. The number of rotatable bonds is 4. The summed E-state index contributed by atoms with van der Waals surface area (Å²) >= 11 is 0. The van der Waals surface area contributed by atoms with E-state index in [4.69, 9.17) is 9.89 Å². The second-order valence-corrected chi connectivity index (χ2v) is 5.12. The van der Waals surface area contributed by atoms with E-state index in [0.29, 0.717) is 23.1 Å². The highest BCUT2D eigenvalue weighted by atomic mass is 16.6. The number of hydrogen-bond acceptors (Lipinski definition) is 7. The first kappa shape index (κ1) is 13.9. The van der Waals surface area contributed by atoms with Crippen LogP contribution in [-0.2, 0) is 6.54 Å². The average molecular weight is 317 g/mol. The Bertz CT molecular complexity index is 999. The van der Waals surface area contributed by atoms with Gasteiger partial charge in [0.25, 0.3) is 0 Å². The molecule has 0 amide bonds. The zero-order chi connectivity index (χ0) is 16.4. The van der Waals surface area contributed by atoms with Crippen LogP contribution in [0.15, 0.2) is 59.7 Å². The molecule has 0 bridgehead atoms. The summed E-state index contributed by atoms with van der Waals surface area (Å²) in [7, 11) is 0. The van der Waals surface area contributed by atoms with Crippen LogP contribution in [0.5, 0.6) is 0 Å². The number of fused-ring (bicyclic) bond motifs is 1. The summed E-state index contributed by atoms with van der Waals surface area (Å²) in [4.78, 5) is 5.65. The van der Waals surface area contributed by atoms with E-state index in [0.717, 1.165) is 11.3 Å². The molecule has 4 rings (SSSR count). The van der Waals surface area contributed by atoms with Crippen molar-refractivity contribution in [3.05, 3.63) is 66.2 Å². The summed E-state index contributed by atoms with van der Waals surface area (Å²) in [6, 6.07) is 15.1. The van der Waals surface area contributed by atoms with Gasteiger partial charge in [-0.15, -0.1) is 5.10 Å². The number of anilines is 1. The van der Waals surface area contributed by atoms with Gasteiger partial charge in [0.15, 0.2) is 0 Å². The third-order valence-corrected chi connectivity index (χ3v) is 3.60. The fraction of sp³-hybridized carbons (Fsp3) is 0.0625. The molecular weight excluding hydrogens is 306 g/mol. The van der Waals surface area contributed by atoms with Crippen molar-refractivity contribution in [2.75, 3.05) is 5.01 Å². The van der Waals surface area contributed by atoms with Crippen molar-refractivity contribution >= 4 is 16.7 Å². The highest BCUT2D eigenvalue weighted by Crippen LogP contribution is 2.20. The minimum atomic E-state index is 0.540. The van der Waals surface area contributed by atoms with Gasteiger partial charge >= 0.3 is 0 Å². The molecule has 24 heavy (non-hydrogen) atoms. The monoisotopic (exact) mass is 317 g/mol. The van der Waals surface area contributed by atoms with Crippen molar-refractivity contribution in [1.82, 2.24) is 25.2 Å². The van der Waals surface area contributed by atoms with E-state index in [1.54, 1.807) is 23.3 Å². The Morgan fingerprint density at radius 2 is 1.92 bits per heavy atom. The molecule has 0 N–H and O–H groups in total. The molecule has 0 aliphatic rings. The van der Waals surface area contributed by atoms with Crippen LogP contribution in [0.3, 0.4) is 0 Å². The van der Waals surface area contributed by atoms with Gasteiger partial charge < -0.3 is 0 Å². The second-order valence-electron chi connectivity index (χ2n) is 5.12. The number of nitrogens with zero attached hydrogens (tertiary/aromatic N) is 7. The van der Waals surface area contributed by atoms with Gasteiger partial charge in [-0.2, -0.15) is 10.1 Å². The standard InChI is InChI=1S/C16H11N7O/c17-8-12-1-4-14(5-2-12)22(23-11-18-10-19-23)9-13-3-6-15-16(7-13)21-24-20-15/h1-7,10-11H,9H2. The third kappa shape index (κ3) is 2.55. The van der Waals surface area contributed by atoms with E-state index >= 15 is 0 Å². The van der Waals surface area contributed by atoms with E-state index in [-0.39, 0.29) is 0 Å². The lowest BCUT2D eigenvalue weighted by atomic mass is 10.1. The van der Waals surface area contributed by atoms with Gasteiger partial charge in [0.05, 0.1) is 23.9 Å². The summed E-state index contributed by atoms with van der Waals surface area (Å²) < 4.78 is 4.74. The van der Waals surface area contributed by atoms with Crippen LogP contribution >= 0.6 is 0 Å². The quantitative estimate of drug-likeness (QED) is 0.569. The summed E-state index contributed by atoms with van der Waals surface area (Å²) in [6.07, 6.45) is 3.09. The molecule has 116 valence electrons. The van der Waals surface area contributed by atoms with Crippen molar-refractivity contribution in [1.29, 1.82) is 5.26 Å². The summed E-state index contributed by atoms with van der Waals surface area (Å²) in [5.41, 5.74) is 3.92. The van der Waals surface area contributed by atoms with Gasteiger partial charge in [-0.1, -0.05) is 6.07 Å². The third-order valence-electron chi connectivity index (χ3n) is 3.60. The molecule has 0 fully saturated rings. The van der Waals surface area contributed by atoms with Gasteiger partial charge in [0, 0.05) is 0 Å². The van der Waals surface area contributed by atoms with Gasteiger partial charge in [-0.3, -0.25) is 5.01 Å². The van der Waals surface area contributed by atoms with E-state index < -0.39 is 0 Å². The molecule has 2 heterocycles. The summed E-state index contributed by atoms with van der Waals surface area (Å²) in [5.74, 6) is 0. The first-order chi connectivity index (χ1) is 11.8. The molecule has 2 aromatic heterocycles. The van der Waals surface area contributed by atoms with Crippen LogP contribution in [0.4, 0.5) is 5.69 Å². The number of benzene rings is 2. The van der Waals surface area contributed by atoms with Crippen molar-refractivity contribution < 1.29 is 4.63 Å². The van der Waals surface area contributed by atoms with Crippen molar-refractivity contribution in [3.8, 4) is 6.07 Å². The molecule has 0 radical (unpaired) electrons. The van der Waals surface area contributed by atoms with Crippen LogP contribution < -0.4 is 5.01 Å². The van der Waals surface area contributed by atoms with Crippen LogP contribution in [0.25, 0.3) is 11.0 Å². The Balaban J connectivity index is 1.71. The predicted molar refractivity (Wildman–Crippen MR) is 84.6 cm³/mol. The molecule has 0 saturated heterocycles. The Morgan fingerprint density at radius 1 is 1.08 bits per heavy atom.